The molecule has 0 saturated heterocycles. The highest BCUT2D eigenvalue weighted by atomic mass is 19.4. The molecule has 7 heteroatoms. The number of benzene rings is 1. The van der Waals surface area contributed by atoms with Gasteiger partial charge in [0.25, 0.3) is 6.54 Å². The lowest BCUT2D eigenvalue weighted by Crippen LogP contribution is -2.14. The van der Waals surface area contributed by atoms with Crippen molar-refractivity contribution in [2.75, 3.05) is 6.54 Å². The van der Waals surface area contributed by atoms with E-state index in [-0.39, 0.29) is 5.56 Å². The first-order valence-electron chi connectivity index (χ1n) is 4.13. The van der Waals surface area contributed by atoms with Gasteiger partial charge in [-0.2, -0.15) is 13.2 Å². The summed E-state index contributed by atoms with van der Waals surface area (Å²) in [7, 11) is 0. The maximum Gasteiger partial charge on any atom is 0.416 e. The van der Waals surface area contributed by atoms with Crippen molar-refractivity contribution in [3.05, 3.63) is 45.5 Å². The first-order valence-corrected chi connectivity index (χ1v) is 4.13. The van der Waals surface area contributed by atoms with Gasteiger partial charge in [0.1, 0.15) is 0 Å². The van der Waals surface area contributed by atoms with Gasteiger partial charge in [-0.1, -0.05) is 12.1 Å². The lowest BCUT2D eigenvalue weighted by atomic mass is 10.1. The predicted molar refractivity (Wildman–Crippen MR) is 47.6 cm³/mol. The molecule has 0 unspecified atom stereocenters. The smallest absolute Gasteiger partial charge is 0.287 e. The second-order valence-corrected chi connectivity index (χ2v) is 2.99. The van der Waals surface area contributed by atoms with E-state index in [4.69, 9.17) is 0 Å². The number of rotatable bonds is 3. The van der Waals surface area contributed by atoms with Gasteiger partial charge in [0.15, 0.2) is 0 Å². The molecule has 4 nitrogen and oxygen atoms in total. The Labute approximate surface area is 87.8 Å². The molecule has 0 radical (unpaired) electrons. The van der Waals surface area contributed by atoms with Crippen LogP contribution in [-0.4, -0.2) is 17.3 Å². The third-order valence-corrected chi connectivity index (χ3v) is 1.81. The van der Waals surface area contributed by atoms with Crippen molar-refractivity contribution in [1.29, 1.82) is 0 Å². The largest absolute Gasteiger partial charge is 0.416 e. The minimum atomic E-state index is -4.48. The van der Waals surface area contributed by atoms with E-state index < -0.39 is 29.0 Å². The lowest BCUT2D eigenvalue weighted by molar-refractivity contribution is -0.465. The predicted octanol–water partition coefficient (Wildman–Crippen LogP) is 2.16. The van der Waals surface area contributed by atoms with Crippen molar-refractivity contribution in [2.24, 2.45) is 0 Å². The van der Waals surface area contributed by atoms with Crippen LogP contribution >= 0.6 is 0 Å². The number of ketones is 1. The van der Waals surface area contributed by atoms with Crippen LogP contribution < -0.4 is 0 Å². The van der Waals surface area contributed by atoms with Gasteiger partial charge in [-0.25, -0.2) is 0 Å². The number of Topliss-reactive ketones (excluding diaryl/α,β-unsaturated/α-hetero) is 1. The Morgan fingerprint density at radius 1 is 1.25 bits per heavy atom. The zero-order chi connectivity index (χ0) is 12.3. The SMILES string of the molecule is O=C(C[N+](=O)[O-])c1ccc(C(F)(F)F)cc1. The van der Waals surface area contributed by atoms with Crippen LogP contribution in [0.5, 0.6) is 0 Å². The molecule has 0 bridgehead atoms. The van der Waals surface area contributed by atoms with Crippen molar-refractivity contribution in [1.82, 2.24) is 0 Å². The van der Waals surface area contributed by atoms with E-state index in [0.717, 1.165) is 12.1 Å². The van der Waals surface area contributed by atoms with Crippen LogP contribution in [0.25, 0.3) is 0 Å². The minimum absolute atomic E-state index is 0.107. The summed E-state index contributed by atoms with van der Waals surface area (Å²) >= 11 is 0. The zero-order valence-corrected chi connectivity index (χ0v) is 7.82. The number of hydrogen-bond donors (Lipinski definition) is 0. The van der Waals surface area contributed by atoms with E-state index in [1.165, 1.54) is 0 Å². The van der Waals surface area contributed by atoms with Gasteiger partial charge in [0.05, 0.1) is 5.56 Å². The molecular formula is C9H6F3NO3. The summed E-state index contributed by atoms with van der Waals surface area (Å²) in [6, 6.07) is 3.28. The van der Waals surface area contributed by atoms with Crippen LogP contribution in [0.1, 0.15) is 15.9 Å². The van der Waals surface area contributed by atoms with Crippen molar-refractivity contribution in [3.63, 3.8) is 0 Å². The van der Waals surface area contributed by atoms with E-state index in [9.17, 15) is 28.1 Å². The highest BCUT2D eigenvalue weighted by Crippen LogP contribution is 2.29. The fraction of sp³-hybridized carbons (Fsp3) is 0.222. The average Bonchev–Trinajstić information content (AvgIpc) is 2.15. The van der Waals surface area contributed by atoms with Gasteiger partial charge in [-0.15, -0.1) is 0 Å². The second-order valence-electron chi connectivity index (χ2n) is 2.99. The zero-order valence-electron chi connectivity index (χ0n) is 7.82. The van der Waals surface area contributed by atoms with E-state index in [1.807, 2.05) is 0 Å². The topological polar surface area (TPSA) is 60.2 Å². The Balaban J connectivity index is 2.87. The number of nitrogens with zero attached hydrogens (tertiary/aromatic N) is 1. The maximum absolute atomic E-state index is 12.1. The van der Waals surface area contributed by atoms with Gasteiger partial charge < -0.3 is 0 Å². The number of carbonyl (C=O) groups is 1. The van der Waals surface area contributed by atoms with Gasteiger partial charge >= 0.3 is 6.18 Å². The average molecular weight is 233 g/mol. The summed E-state index contributed by atoms with van der Waals surface area (Å²) < 4.78 is 36.4. The molecule has 0 aliphatic carbocycles. The first kappa shape index (κ1) is 12.2. The number of nitro groups is 1. The lowest BCUT2D eigenvalue weighted by Gasteiger charge is -2.06. The molecule has 0 fully saturated rings. The normalized spacial score (nSPS) is 11.2. The van der Waals surface area contributed by atoms with Crippen molar-refractivity contribution in [2.45, 2.75) is 6.18 Å². The Morgan fingerprint density at radius 2 is 1.75 bits per heavy atom. The number of hydrogen-bond acceptors (Lipinski definition) is 3. The first-order chi connectivity index (χ1) is 7.30. The Morgan fingerprint density at radius 3 is 2.12 bits per heavy atom. The fourth-order valence-electron chi connectivity index (χ4n) is 1.05. The standard InChI is InChI=1S/C9H6F3NO3/c10-9(11,12)7-3-1-6(2-4-7)8(14)5-13(15)16/h1-4H,5H2. The summed E-state index contributed by atoms with van der Waals surface area (Å²) in [6.45, 7) is -0.925. The molecular weight excluding hydrogens is 227 g/mol. The van der Waals surface area contributed by atoms with Crippen LogP contribution in [0.3, 0.4) is 0 Å². The molecule has 0 saturated carbocycles. The molecule has 0 heterocycles. The van der Waals surface area contributed by atoms with E-state index in [0.29, 0.717) is 12.1 Å². The molecule has 0 aliphatic heterocycles. The Hall–Kier alpha value is -1.92. The Bertz CT molecular complexity index is 411. The van der Waals surface area contributed by atoms with E-state index in [2.05, 4.69) is 0 Å². The highest BCUT2D eigenvalue weighted by Gasteiger charge is 2.30. The highest BCUT2D eigenvalue weighted by molar-refractivity contribution is 5.96. The van der Waals surface area contributed by atoms with Crippen LogP contribution in [0.15, 0.2) is 24.3 Å². The van der Waals surface area contributed by atoms with Gasteiger partial charge in [0, 0.05) is 10.5 Å². The van der Waals surface area contributed by atoms with E-state index in [1.54, 1.807) is 0 Å². The summed E-state index contributed by atoms with van der Waals surface area (Å²) in [5.41, 5.74) is -1.00. The molecule has 0 amide bonds. The number of halogens is 3. The molecule has 86 valence electrons. The third-order valence-electron chi connectivity index (χ3n) is 1.81. The van der Waals surface area contributed by atoms with Gasteiger partial charge in [-0.3, -0.25) is 14.9 Å². The molecule has 0 aromatic heterocycles. The molecule has 1 aromatic rings. The Kier molecular flexibility index (Phi) is 3.26. The van der Waals surface area contributed by atoms with Crippen molar-refractivity contribution < 1.29 is 22.9 Å². The summed E-state index contributed by atoms with van der Waals surface area (Å²) in [5, 5.41) is 10.0. The maximum atomic E-state index is 12.1. The molecule has 0 atom stereocenters. The van der Waals surface area contributed by atoms with Crippen LogP contribution in [0, 0.1) is 10.1 Å². The fourth-order valence-corrected chi connectivity index (χ4v) is 1.05. The minimum Gasteiger partial charge on any atom is -0.287 e. The molecule has 16 heavy (non-hydrogen) atoms. The summed E-state index contributed by atoms with van der Waals surface area (Å²) in [5.74, 6) is -0.821. The molecule has 0 aliphatic rings. The monoisotopic (exact) mass is 233 g/mol. The van der Waals surface area contributed by atoms with Gasteiger partial charge in [0.2, 0.25) is 5.78 Å². The second kappa shape index (κ2) is 4.30. The molecule has 0 N–H and O–H groups in total. The van der Waals surface area contributed by atoms with Crippen molar-refractivity contribution in [3.8, 4) is 0 Å². The molecule has 0 spiro atoms. The summed E-state index contributed by atoms with van der Waals surface area (Å²) in [6.07, 6.45) is -4.48. The van der Waals surface area contributed by atoms with Crippen LogP contribution in [0.2, 0.25) is 0 Å². The number of alkyl halides is 3. The molecule has 1 rings (SSSR count). The number of carbonyl (C=O) groups excluding carboxylic acids is 1. The van der Waals surface area contributed by atoms with Crippen LogP contribution in [-0.2, 0) is 6.18 Å². The molecule has 1 aromatic carbocycles. The van der Waals surface area contributed by atoms with Gasteiger partial charge in [-0.05, 0) is 12.1 Å². The van der Waals surface area contributed by atoms with Crippen molar-refractivity contribution >= 4 is 5.78 Å². The quantitative estimate of drug-likeness (QED) is 0.456. The van der Waals surface area contributed by atoms with Crippen LogP contribution in [0.4, 0.5) is 13.2 Å². The third kappa shape index (κ3) is 3.04. The van der Waals surface area contributed by atoms with E-state index >= 15 is 0 Å². The summed E-state index contributed by atoms with van der Waals surface area (Å²) in [4.78, 5) is 20.3.